The second kappa shape index (κ2) is 6.58. The van der Waals surface area contributed by atoms with Crippen LogP contribution in [0.4, 0.5) is 0 Å². The lowest BCUT2D eigenvalue weighted by molar-refractivity contribution is -0.148. The number of rotatable bonds is 4. The Morgan fingerprint density at radius 2 is 2.16 bits per heavy atom. The van der Waals surface area contributed by atoms with Crippen molar-refractivity contribution in [1.29, 1.82) is 0 Å². The monoisotopic (exact) mass is 347 g/mol. The van der Waals surface area contributed by atoms with Crippen molar-refractivity contribution in [3.05, 3.63) is 23.8 Å². The van der Waals surface area contributed by atoms with Crippen LogP contribution in [0.25, 0.3) is 0 Å². The minimum Gasteiger partial charge on any atom is -0.483 e. The van der Waals surface area contributed by atoms with E-state index in [2.05, 4.69) is 0 Å². The summed E-state index contributed by atoms with van der Waals surface area (Å²) in [5, 5.41) is 9.18. The number of hydrogen-bond donors (Lipinski definition) is 1. The highest BCUT2D eigenvalue weighted by Gasteiger charge is 2.34. The Hall–Kier alpha value is -2.24. The highest BCUT2D eigenvalue weighted by atomic mass is 16.5. The highest BCUT2D eigenvalue weighted by Crippen LogP contribution is 2.41. The normalized spacial score (nSPS) is 24.4. The van der Waals surface area contributed by atoms with Gasteiger partial charge in [-0.05, 0) is 32.3 Å². The number of amides is 1. The van der Waals surface area contributed by atoms with Gasteiger partial charge in [-0.25, -0.2) is 0 Å². The number of carboxylic acid groups (broad SMARTS) is 1. The van der Waals surface area contributed by atoms with E-state index < -0.39 is 5.97 Å². The Morgan fingerprint density at radius 1 is 1.40 bits per heavy atom. The lowest BCUT2D eigenvalue weighted by atomic mass is 9.87. The third-order valence-electron chi connectivity index (χ3n) is 4.98. The first kappa shape index (κ1) is 17.6. The van der Waals surface area contributed by atoms with Gasteiger partial charge in [0.25, 0.3) is 5.91 Å². The summed E-state index contributed by atoms with van der Waals surface area (Å²) >= 11 is 0. The Morgan fingerprint density at radius 3 is 2.84 bits per heavy atom. The molecule has 2 atom stereocenters. The van der Waals surface area contributed by atoms with Crippen LogP contribution in [0.5, 0.6) is 11.5 Å². The number of piperidine rings is 1. The van der Waals surface area contributed by atoms with E-state index in [1.807, 2.05) is 39.0 Å². The molecule has 0 radical (unpaired) electrons. The van der Waals surface area contributed by atoms with Crippen molar-refractivity contribution in [2.75, 3.05) is 19.7 Å². The van der Waals surface area contributed by atoms with Gasteiger partial charge in [0.05, 0.1) is 5.92 Å². The van der Waals surface area contributed by atoms with E-state index in [-0.39, 0.29) is 30.0 Å². The Labute approximate surface area is 147 Å². The molecule has 2 aliphatic heterocycles. The smallest absolute Gasteiger partial charge is 0.306 e. The third kappa shape index (κ3) is 3.72. The van der Waals surface area contributed by atoms with Crippen LogP contribution in [-0.4, -0.2) is 47.2 Å². The molecule has 2 heterocycles. The molecule has 2 aliphatic rings. The number of fused-ring (bicyclic) bond motifs is 1. The minimum absolute atomic E-state index is 0.0553. The van der Waals surface area contributed by atoms with E-state index in [0.717, 1.165) is 17.7 Å². The van der Waals surface area contributed by atoms with Crippen LogP contribution in [0, 0.1) is 11.8 Å². The van der Waals surface area contributed by atoms with E-state index in [1.54, 1.807) is 4.90 Å². The minimum atomic E-state index is -0.782. The van der Waals surface area contributed by atoms with E-state index >= 15 is 0 Å². The molecule has 1 amide bonds. The number of benzene rings is 1. The lowest BCUT2D eigenvalue weighted by Crippen LogP contribution is -2.46. The van der Waals surface area contributed by atoms with Gasteiger partial charge in [-0.15, -0.1) is 0 Å². The standard InChI is InChI=1S/C19H25NO5/c1-12-10-20(8-7-14(12)18(22)23)16(21)11-24-15-6-4-5-13-9-19(2,3)25-17(13)15/h4-6,12,14H,7-11H2,1-3H3,(H,22,23). The molecule has 0 bridgehead atoms. The molecule has 1 saturated heterocycles. The number of carbonyl (C=O) groups excluding carboxylic acids is 1. The van der Waals surface area contributed by atoms with Crippen LogP contribution in [0.2, 0.25) is 0 Å². The van der Waals surface area contributed by atoms with Gasteiger partial charge in [-0.1, -0.05) is 19.1 Å². The van der Waals surface area contributed by atoms with Gasteiger partial charge >= 0.3 is 5.97 Å². The van der Waals surface area contributed by atoms with Crippen LogP contribution in [0.15, 0.2) is 18.2 Å². The van der Waals surface area contributed by atoms with Gasteiger partial charge in [0, 0.05) is 25.1 Å². The van der Waals surface area contributed by atoms with Crippen LogP contribution in [0.1, 0.15) is 32.8 Å². The fraction of sp³-hybridized carbons (Fsp3) is 0.579. The summed E-state index contributed by atoms with van der Waals surface area (Å²) in [6, 6.07) is 5.73. The molecule has 1 N–H and O–H groups in total. The van der Waals surface area contributed by atoms with Crippen LogP contribution >= 0.6 is 0 Å². The number of hydrogen-bond acceptors (Lipinski definition) is 4. The average Bonchev–Trinajstić information content (AvgIpc) is 2.86. The van der Waals surface area contributed by atoms with Crippen LogP contribution < -0.4 is 9.47 Å². The zero-order chi connectivity index (χ0) is 18.2. The molecule has 6 heteroatoms. The topological polar surface area (TPSA) is 76.1 Å². The fourth-order valence-corrected chi connectivity index (χ4v) is 3.67. The van der Waals surface area contributed by atoms with Crippen molar-refractivity contribution in [1.82, 2.24) is 4.90 Å². The average molecular weight is 347 g/mol. The first-order chi connectivity index (χ1) is 11.8. The second-order valence-electron chi connectivity index (χ2n) is 7.62. The molecule has 0 aliphatic carbocycles. The molecule has 6 nitrogen and oxygen atoms in total. The lowest BCUT2D eigenvalue weighted by Gasteiger charge is -2.34. The van der Waals surface area contributed by atoms with Crippen molar-refractivity contribution < 1.29 is 24.2 Å². The maximum atomic E-state index is 12.4. The number of carbonyl (C=O) groups is 2. The van der Waals surface area contributed by atoms with Gasteiger partial charge in [-0.2, -0.15) is 0 Å². The highest BCUT2D eigenvalue weighted by molar-refractivity contribution is 5.78. The number of nitrogens with zero attached hydrogens (tertiary/aromatic N) is 1. The van der Waals surface area contributed by atoms with Crippen molar-refractivity contribution >= 4 is 11.9 Å². The molecule has 2 unspecified atom stereocenters. The molecule has 3 rings (SSSR count). The first-order valence-corrected chi connectivity index (χ1v) is 8.71. The van der Waals surface area contributed by atoms with Crippen molar-refractivity contribution in [2.24, 2.45) is 11.8 Å². The number of carboxylic acids is 1. The summed E-state index contributed by atoms with van der Waals surface area (Å²) in [7, 11) is 0. The summed E-state index contributed by atoms with van der Waals surface area (Å²) in [6.07, 6.45) is 1.30. The van der Waals surface area contributed by atoms with Gasteiger partial charge in [-0.3, -0.25) is 9.59 Å². The number of aliphatic carboxylic acids is 1. The number of para-hydroxylation sites is 1. The van der Waals surface area contributed by atoms with E-state index in [9.17, 15) is 14.7 Å². The molecule has 1 aromatic carbocycles. The second-order valence-corrected chi connectivity index (χ2v) is 7.62. The Balaban J connectivity index is 1.59. The molecular weight excluding hydrogens is 322 g/mol. The SMILES string of the molecule is CC1CN(C(=O)COc2cccc3c2OC(C)(C)C3)CCC1C(=O)O. The maximum absolute atomic E-state index is 12.4. The predicted molar refractivity (Wildman–Crippen MR) is 91.8 cm³/mol. The van der Waals surface area contributed by atoms with E-state index in [0.29, 0.717) is 25.3 Å². The summed E-state index contributed by atoms with van der Waals surface area (Å²) in [6.45, 7) is 6.77. The molecular formula is C19H25NO5. The molecule has 136 valence electrons. The van der Waals surface area contributed by atoms with Crippen LogP contribution in [-0.2, 0) is 16.0 Å². The molecule has 0 aromatic heterocycles. The number of likely N-dealkylation sites (tertiary alicyclic amines) is 1. The summed E-state index contributed by atoms with van der Waals surface area (Å²) in [4.78, 5) is 25.3. The molecule has 0 saturated carbocycles. The molecule has 25 heavy (non-hydrogen) atoms. The maximum Gasteiger partial charge on any atom is 0.306 e. The van der Waals surface area contributed by atoms with Crippen LogP contribution in [0.3, 0.4) is 0 Å². The predicted octanol–water partition coefficient (Wildman–Crippen LogP) is 2.35. The van der Waals surface area contributed by atoms with Gasteiger partial charge < -0.3 is 19.5 Å². The molecule has 1 fully saturated rings. The molecule has 0 spiro atoms. The zero-order valence-electron chi connectivity index (χ0n) is 14.9. The first-order valence-electron chi connectivity index (χ1n) is 8.71. The van der Waals surface area contributed by atoms with Gasteiger partial charge in [0.1, 0.15) is 5.60 Å². The zero-order valence-corrected chi connectivity index (χ0v) is 14.9. The van der Waals surface area contributed by atoms with Crippen molar-refractivity contribution in [3.63, 3.8) is 0 Å². The number of ether oxygens (including phenoxy) is 2. The Kier molecular flexibility index (Phi) is 4.62. The third-order valence-corrected chi connectivity index (χ3v) is 4.98. The van der Waals surface area contributed by atoms with Crippen molar-refractivity contribution in [3.8, 4) is 11.5 Å². The van der Waals surface area contributed by atoms with Gasteiger partial charge in [0.2, 0.25) is 0 Å². The quantitative estimate of drug-likeness (QED) is 0.905. The van der Waals surface area contributed by atoms with E-state index in [1.165, 1.54) is 0 Å². The largest absolute Gasteiger partial charge is 0.483 e. The summed E-state index contributed by atoms with van der Waals surface area (Å²) in [5.74, 6) is -0.0255. The summed E-state index contributed by atoms with van der Waals surface area (Å²) < 4.78 is 11.7. The molecule has 1 aromatic rings. The summed E-state index contributed by atoms with van der Waals surface area (Å²) in [5.41, 5.74) is 0.825. The van der Waals surface area contributed by atoms with E-state index in [4.69, 9.17) is 9.47 Å². The fourth-order valence-electron chi connectivity index (χ4n) is 3.67. The van der Waals surface area contributed by atoms with Crippen molar-refractivity contribution in [2.45, 2.75) is 39.2 Å². The Bertz CT molecular complexity index is 684. The van der Waals surface area contributed by atoms with Gasteiger partial charge in [0.15, 0.2) is 18.1 Å².